The first-order valence-corrected chi connectivity index (χ1v) is 16.5. The van der Waals surface area contributed by atoms with Crippen molar-refractivity contribution in [3.05, 3.63) is 157 Å². The summed E-state index contributed by atoms with van der Waals surface area (Å²) in [6.45, 7) is 0. The Bertz CT molecular complexity index is 2230. The average molecular weight is 620 g/mol. The number of fused-ring (bicyclic) bond motifs is 3. The van der Waals surface area contributed by atoms with Gasteiger partial charge in [-0.2, -0.15) is 0 Å². The quantitative estimate of drug-likeness (QED) is 0.182. The third-order valence-electron chi connectivity index (χ3n) is 8.31. The van der Waals surface area contributed by atoms with E-state index in [4.69, 9.17) is 9.97 Å². The number of aromatic nitrogens is 3. The van der Waals surface area contributed by atoms with Crippen molar-refractivity contribution in [2.24, 2.45) is 0 Å². The van der Waals surface area contributed by atoms with Gasteiger partial charge < -0.3 is 4.57 Å². The fourth-order valence-corrected chi connectivity index (χ4v) is 9.09. The summed E-state index contributed by atoms with van der Waals surface area (Å²) in [7, 11) is -3.06. The first-order valence-electron chi connectivity index (χ1n) is 14.8. The van der Waals surface area contributed by atoms with Crippen LogP contribution in [0.15, 0.2) is 146 Å². The minimum atomic E-state index is -3.06. The van der Waals surface area contributed by atoms with Gasteiger partial charge in [0.1, 0.15) is 11.6 Å². The van der Waals surface area contributed by atoms with E-state index in [-0.39, 0.29) is 11.6 Å². The van der Waals surface area contributed by atoms with Crippen LogP contribution in [0.5, 0.6) is 0 Å². The first-order chi connectivity index (χ1) is 22.5. The average Bonchev–Trinajstić information content (AvgIpc) is 3.37. The van der Waals surface area contributed by atoms with Crippen molar-refractivity contribution in [1.29, 1.82) is 0 Å². The molecule has 7 aromatic rings. The fraction of sp³-hybridized carbons (Fsp3) is 0. The van der Waals surface area contributed by atoms with Crippen LogP contribution in [-0.4, -0.2) is 15.0 Å². The highest BCUT2D eigenvalue weighted by molar-refractivity contribution is 7.86. The van der Waals surface area contributed by atoms with E-state index in [1.54, 1.807) is 24.3 Å². The molecule has 1 aliphatic rings. The molecule has 1 aliphatic heterocycles. The van der Waals surface area contributed by atoms with E-state index in [0.717, 1.165) is 43.7 Å². The van der Waals surface area contributed by atoms with Gasteiger partial charge in [-0.05, 0) is 76.9 Å². The molecule has 1 atom stereocenters. The summed E-state index contributed by atoms with van der Waals surface area (Å²) in [5.41, 5.74) is 5.92. The molecule has 4 nitrogen and oxygen atoms in total. The molecule has 7 heteroatoms. The third-order valence-corrected chi connectivity index (χ3v) is 11.4. The summed E-state index contributed by atoms with van der Waals surface area (Å²) in [5.74, 6) is 0.468. The lowest BCUT2D eigenvalue weighted by atomic mass is 9.99. The van der Waals surface area contributed by atoms with Crippen LogP contribution < -0.4 is 15.9 Å². The van der Waals surface area contributed by atoms with E-state index < -0.39 is 7.14 Å². The number of hydrogen-bond acceptors (Lipinski definition) is 4. The summed E-state index contributed by atoms with van der Waals surface area (Å²) in [6, 6.07) is 43.6. The molecule has 6 aromatic carbocycles. The van der Waals surface area contributed by atoms with Gasteiger partial charge in [0, 0.05) is 32.6 Å². The van der Waals surface area contributed by atoms with Crippen LogP contribution in [0, 0.1) is 11.6 Å². The molecular formula is C39H24F2N3OP. The first kappa shape index (κ1) is 27.9. The Morgan fingerprint density at radius 2 is 0.848 bits per heavy atom. The highest BCUT2D eigenvalue weighted by Crippen LogP contribution is 2.52. The summed E-state index contributed by atoms with van der Waals surface area (Å²) < 4.78 is 42.3. The molecule has 0 saturated heterocycles. The van der Waals surface area contributed by atoms with Crippen LogP contribution in [0.25, 0.3) is 56.4 Å². The van der Waals surface area contributed by atoms with Crippen molar-refractivity contribution >= 4 is 23.1 Å². The molecule has 220 valence electrons. The van der Waals surface area contributed by atoms with E-state index in [1.807, 2.05) is 78.9 Å². The highest BCUT2D eigenvalue weighted by atomic mass is 31.2. The van der Waals surface area contributed by atoms with Crippen LogP contribution in [0.3, 0.4) is 0 Å². The Labute approximate surface area is 264 Å². The maximum atomic E-state index is 15.0. The van der Waals surface area contributed by atoms with Crippen LogP contribution in [0.4, 0.5) is 8.78 Å². The molecule has 0 aliphatic carbocycles. The van der Waals surface area contributed by atoms with Gasteiger partial charge in [-0.1, -0.05) is 91.0 Å². The lowest BCUT2D eigenvalue weighted by Gasteiger charge is -2.16. The second-order valence-corrected chi connectivity index (χ2v) is 13.8. The highest BCUT2D eigenvalue weighted by Gasteiger charge is 2.40. The van der Waals surface area contributed by atoms with Gasteiger partial charge in [-0.15, -0.1) is 0 Å². The maximum absolute atomic E-state index is 15.0. The smallest absolute Gasteiger partial charge is 0.172 e. The molecule has 1 aromatic heterocycles. The second kappa shape index (κ2) is 11.1. The lowest BCUT2D eigenvalue weighted by Crippen LogP contribution is -2.20. The van der Waals surface area contributed by atoms with E-state index in [9.17, 15) is 13.3 Å². The Hall–Kier alpha value is -5.58. The molecule has 0 saturated carbocycles. The maximum Gasteiger partial charge on any atom is 0.172 e. The number of rotatable bonds is 5. The molecule has 0 radical (unpaired) electrons. The van der Waals surface area contributed by atoms with Crippen molar-refractivity contribution in [2.45, 2.75) is 0 Å². The van der Waals surface area contributed by atoms with Gasteiger partial charge in [0.15, 0.2) is 24.6 Å². The van der Waals surface area contributed by atoms with Crippen molar-refractivity contribution in [2.75, 3.05) is 0 Å². The van der Waals surface area contributed by atoms with E-state index in [0.29, 0.717) is 28.6 Å². The number of benzene rings is 6. The molecule has 0 spiro atoms. The molecule has 0 fully saturated rings. The Morgan fingerprint density at radius 3 is 1.41 bits per heavy atom. The van der Waals surface area contributed by atoms with Crippen LogP contribution in [0.1, 0.15) is 0 Å². The van der Waals surface area contributed by atoms with Gasteiger partial charge >= 0.3 is 0 Å². The third kappa shape index (κ3) is 4.75. The molecule has 0 bridgehead atoms. The minimum absolute atomic E-state index is 0.358. The number of hydrogen-bond donors (Lipinski definition) is 0. The molecule has 1 unspecified atom stereocenters. The van der Waals surface area contributed by atoms with Crippen LogP contribution in [0.2, 0.25) is 0 Å². The predicted molar refractivity (Wildman–Crippen MR) is 180 cm³/mol. The zero-order chi connectivity index (χ0) is 31.3. The van der Waals surface area contributed by atoms with Crippen molar-refractivity contribution in [3.8, 4) is 56.4 Å². The Balaban J connectivity index is 1.20. The summed E-state index contributed by atoms with van der Waals surface area (Å²) in [6.07, 6.45) is 0. The molecule has 2 heterocycles. The van der Waals surface area contributed by atoms with E-state index in [1.165, 1.54) is 24.3 Å². The predicted octanol–water partition coefficient (Wildman–Crippen LogP) is 8.44. The second-order valence-electron chi connectivity index (χ2n) is 11.1. The normalized spacial score (nSPS) is 14.9. The summed E-state index contributed by atoms with van der Waals surface area (Å²) >= 11 is 0. The lowest BCUT2D eigenvalue weighted by molar-refractivity contribution is 0.593. The molecular weight excluding hydrogens is 595 g/mol. The zero-order valence-electron chi connectivity index (χ0n) is 24.3. The van der Waals surface area contributed by atoms with Gasteiger partial charge in [0.25, 0.3) is 0 Å². The van der Waals surface area contributed by atoms with Crippen LogP contribution in [-0.2, 0) is 4.57 Å². The van der Waals surface area contributed by atoms with Crippen LogP contribution >= 0.6 is 7.14 Å². The van der Waals surface area contributed by atoms with Gasteiger partial charge in [0.2, 0.25) is 0 Å². The van der Waals surface area contributed by atoms with E-state index >= 15 is 0 Å². The monoisotopic (exact) mass is 619 g/mol. The topological polar surface area (TPSA) is 55.7 Å². The zero-order valence-corrected chi connectivity index (χ0v) is 25.2. The molecule has 46 heavy (non-hydrogen) atoms. The molecule has 0 N–H and O–H groups in total. The summed E-state index contributed by atoms with van der Waals surface area (Å²) in [5, 5.41) is 2.52. The molecule has 8 rings (SSSR count). The largest absolute Gasteiger partial charge is 0.309 e. The number of halogens is 2. The van der Waals surface area contributed by atoms with Gasteiger partial charge in [0.05, 0.1) is 0 Å². The van der Waals surface area contributed by atoms with Gasteiger partial charge in [-0.3, -0.25) is 0 Å². The Kier molecular flexibility index (Phi) is 6.74. The molecule has 0 amide bonds. The van der Waals surface area contributed by atoms with Crippen molar-refractivity contribution in [1.82, 2.24) is 15.0 Å². The van der Waals surface area contributed by atoms with E-state index in [2.05, 4.69) is 23.2 Å². The summed E-state index contributed by atoms with van der Waals surface area (Å²) in [4.78, 5) is 14.1. The van der Waals surface area contributed by atoms with Crippen molar-refractivity contribution < 1.29 is 13.3 Å². The minimum Gasteiger partial charge on any atom is -0.309 e. The SMILES string of the molecule is O=P1(c2ccccc2)c2ccccc2-c2ccc(-c3ccc(-c4nc(-c5ccc(F)cc5)nc(-c5ccc(F)cc5)n4)cc3)cc21. The van der Waals surface area contributed by atoms with Crippen molar-refractivity contribution in [3.63, 3.8) is 0 Å². The standard InChI is InChI=1S/C39H24F2N3OP/c40-30-19-14-27(15-20-30)38-42-37(43-39(44-38)28-16-21-31(41)22-17-28)26-12-10-25(11-13-26)29-18-23-34-33-8-4-5-9-35(33)46(45,36(34)24-29)32-6-2-1-3-7-32/h1-24H. The Morgan fingerprint density at radius 1 is 0.413 bits per heavy atom. The fourth-order valence-electron chi connectivity index (χ4n) is 5.99. The number of nitrogens with zero attached hydrogens (tertiary/aromatic N) is 3. The van der Waals surface area contributed by atoms with Gasteiger partial charge in [-0.25, -0.2) is 23.7 Å².